The van der Waals surface area contributed by atoms with Gasteiger partial charge in [0.25, 0.3) is 0 Å². The van der Waals surface area contributed by atoms with Gasteiger partial charge in [-0.2, -0.15) is 0 Å². The Labute approximate surface area is 154 Å². The van der Waals surface area contributed by atoms with Gasteiger partial charge in [0.15, 0.2) is 5.96 Å². The molecule has 4 atom stereocenters. The summed E-state index contributed by atoms with van der Waals surface area (Å²) in [5.74, 6) is 1.67. The zero-order valence-electron chi connectivity index (χ0n) is 16.7. The van der Waals surface area contributed by atoms with Crippen LogP contribution in [0, 0.1) is 11.3 Å². The Morgan fingerprint density at radius 3 is 2.68 bits per heavy atom. The first-order valence-electron chi connectivity index (χ1n) is 10.5. The Morgan fingerprint density at radius 1 is 1.32 bits per heavy atom. The highest BCUT2D eigenvalue weighted by Crippen LogP contribution is 2.62. The molecule has 1 saturated heterocycles. The summed E-state index contributed by atoms with van der Waals surface area (Å²) in [5.41, 5.74) is 0.408. The van der Waals surface area contributed by atoms with E-state index in [0.717, 1.165) is 25.7 Å². The van der Waals surface area contributed by atoms with Crippen LogP contribution >= 0.6 is 0 Å². The first kappa shape index (κ1) is 19.0. The second-order valence-electron chi connectivity index (χ2n) is 8.24. The van der Waals surface area contributed by atoms with Gasteiger partial charge in [0.05, 0.1) is 6.10 Å². The van der Waals surface area contributed by atoms with Gasteiger partial charge >= 0.3 is 0 Å². The van der Waals surface area contributed by atoms with Crippen molar-refractivity contribution in [1.82, 2.24) is 15.5 Å². The maximum atomic E-state index is 6.03. The van der Waals surface area contributed by atoms with E-state index in [-0.39, 0.29) is 0 Å². The Kier molecular flexibility index (Phi) is 6.26. The van der Waals surface area contributed by atoms with Crippen LogP contribution in [0.4, 0.5) is 0 Å². The average molecular weight is 351 g/mol. The van der Waals surface area contributed by atoms with E-state index in [1.807, 2.05) is 7.05 Å². The summed E-state index contributed by atoms with van der Waals surface area (Å²) in [7, 11) is 1.90. The predicted molar refractivity (Wildman–Crippen MR) is 104 cm³/mol. The Balaban J connectivity index is 1.45. The average Bonchev–Trinajstić information content (AvgIpc) is 2.99. The van der Waals surface area contributed by atoms with Crippen LogP contribution in [0.1, 0.15) is 59.3 Å². The van der Waals surface area contributed by atoms with Crippen LogP contribution in [-0.2, 0) is 4.74 Å². The second kappa shape index (κ2) is 8.26. The van der Waals surface area contributed by atoms with Crippen molar-refractivity contribution in [2.24, 2.45) is 16.3 Å². The fourth-order valence-electron chi connectivity index (χ4n) is 5.24. The number of ether oxygens (including phenoxy) is 1. The van der Waals surface area contributed by atoms with Crippen LogP contribution in [0.5, 0.6) is 0 Å². The van der Waals surface area contributed by atoms with Crippen LogP contribution in [0.15, 0.2) is 4.99 Å². The Bertz CT molecular complexity index is 459. The molecule has 1 aliphatic heterocycles. The monoisotopic (exact) mass is 350 g/mol. The van der Waals surface area contributed by atoms with Crippen LogP contribution in [0.2, 0.25) is 0 Å². The number of nitrogens with zero attached hydrogens (tertiary/aromatic N) is 2. The molecule has 5 heteroatoms. The molecule has 3 fully saturated rings. The number of aliphatic imine (C=N–C) groups is 1. The van der Waals surface area contributed by atoms with Crippen molar-refractivity contribution >= 4 is 5.96 Å². The van der Waals surface area contributed by atoms with Gasteiger partial charge in [0.1, 0.15) is 0 Å². The summed E-state index contributed by atoms with van der Waals surface area (Å²) in [4.78, 5) is 7.00. The maximum absolute atomic E-state index is 6.03. The molecular formula is C20H38N4O. The summed E-state index contributed by atoms with van der Waals surface area (Å²) >= 11 is 0. The van der Waals surface area contributed by atoms with E-state index in [2.05, 4.69) is 41.3 Å². The lowest BCUT2D eigenvalue weighted by atomic mass is 9.46. The van der Waals surface area contributed by atoms with Crippen molar-refractivity contribution in [3.63, 3.8) is 0 Å². The molecule has 4 unspecified atom stereocenters. The Morgan fingerprint density at radius 2 is 2.08 bits per heavy atom. The smallest absolute Gasteiger partial charge is 0.191 e. The van der Waals surface area contributed by atoms with E-state index < -0.39 is 0 Å². The Hall–Kier alpha value is -0.810. The lowest BCUT2D eigenvalue weighted by molar-refractivity contribution is -0.171. The van der Waals surface area contributed by atoms with Crippen molar-refractivity contribution in [1.29, 1.82) is 0 Å². The van der Waals surface area contributed by atoms with E-state index in [9.17, 15) is 0 Å². The largest absolute Gasteiger partial charge is 0.377 e. The maximum Gasteiger partial charge on any atom is 0.191 e. The van der Waals surface area contributed by atoms with Gasteiger partial charge in [0.2, 0.25) is 0 Å². The molecule has 144 valence electrons. The summed E-state index contributed by atoms with van der Waals surface area (Å²) in [6.45, 7) is 11.2. The van der Waals surface area contributed by atoms with Gasteiger partial charge in [-0.1, -0.05) is 20.3 Å². The third-order valence-electron chi connectivity index (χ3n) is 6.94. The minimum absolute atomic E-state index is 0.408. The number of guanidine groups is 1. The zero-order valence-corrected chi connectivity index (χ0v) is 16.7. The van der Waals surface area contributed by atoms with Crippen molar-refractivity contribution < 1.29 is 4.74 Å². The van der Waals surface area contributed by atoms with Gasteiger partial charge in [-0.25, -0.2) is 0 Å². The van der Waals surface area contributed by atoms with Gasteiger partial charge in [-0.15, -0.1) is 0 Å². The standard InChI is InChI=1S/C20H38N4O/c1-5-24(6-2)13-7-9-15(3)22-19(21-4)23-17-16-10-14-25-18(16)20(17)11-8-12-20/h15-18H,5-14H2,1-4H3,(H2,21,22,23). The first-order valence-corrected chi connectivity index (χ1v) is 10.5. The highest BCUT2D eigenvalue weighted by Gasteiger charge is 2.66. The summed E-state index contributed by atoms with van der Waals surface area (Å²) in [6.07, 6.45) is 8.15. The molecule has 0 aromatic carbocycles. The van der Waals surface area contributed by atoms with Crippen LogP contribution in [0.25, 0.3) is 0 Å². The number of rotatable bonds is 8. The summed E-state index contributed by atoms with van der Waals surface area (Å²) in [6, 6.07) is 1.01. The quantitative estimate of drug-likeness (QED) is 0.522. The number of hydrogen-bond donors (Lipinski definition) is 2. The highest BCUT2D eigenvalue weighted by atomic mass is 16.5. The van der Waals surface area contributed by atoms with E-state index >= 15 is 0 Å². The first-order chi connectivity index (χ1) is 12.1. The van der Waals surface area contributed by atoms with Crippen LogP contribution in [0.3, 0.4) is 0 Å². The van der Waals surface area contributed by atoms with Gasteiger partial charge in [0, 0.05) is 37.1 Å². The third-order valence-corrected chi connectivity index (χ3v) is 6.94. The number of nitrogens with one attached hydrogen (secondary N) is 2. The molecule has 2 N–H and O–H groups in total. The molecule has 0 amide bonds. The molecule has 0 aromatic rings. The second-order valence-corrected chi connectivity index (χ2v) is 8.24. The van der Waals surface area contributed by atoms with Gasteiger partial charge in [-0.3, -0.25) is 4.99 Å². The molecule has 0 bridgehead atoms. The lowest BCUT2D eigenvalue weighted by Gasteiger charge is -2.63. The predicted octanol–water partition coefficient (Wildman–Crippen LogP) is 2.62. The molecule has 3 aliphatic rings. The molecule has 25 heavy (non-hydrogen) atoms. The molecule has 3 rings (SSSR count). The normalized spacial score (nSPS) is 31.4. The van der Waals surface area contributed by atoms with Gasteiger partial charge in [-0.05, 0) is 58.7 Å². The minimum atomic E-state index is 0.408. The molecule has 1 spiro atoms. The van der Waals surface area contributed by atoms with Gasteiger partial charge < -0.3 is 20.3 Å². The molecule has 0 radical (unpaired) electrons. The molecule has 2 saturated carbocycles. The summed E-state index contributed by atoms with van der Waals surface area (Å²) in [5, 5.41) is 7.39. The molecule has 5 nitrogen and oxygen atoms in total. The SMILES string of the molecule is CCN(CC)CCCC(C)NC(=NC)NC1C2CCOC2C12CCC2. The number of hydrogen-bond acceptors (Lipinski definition) is 3. The molecular weight excluding hydrogens is 312 g/mol. The van der Waals surface area contributed by atoms with Crippen LogP contribution < -0.4 is 10.6 Å². The lowest BCUT2D eigenvalue weighted by Crippen LogP contribution is -2.72. The van der Waals surface area contributed by atoms with Crippen molar-refractivity contribution in [2.45, 2.75) is 77.5 Å². The highest BCUT2D eigenvalue weighted by molar-refractivity contribution is 5.80. The van der Waals surface area contributed by atoms with E-state index in [1.165, 1.54) is 45.1 Å². The van der Waals surface area contributed by atoms with E-state index in [4.69, 9.17) is 4.74 Å². The molecule has 2 aliphatic carbocycles. The molecule has 0 aromatic heterocycles. The topological polar surface area (TPSA) is 48.9 Å². The third kappa shape index (κ3) is 3.68. The van der Waals surface area contributed by atoms with E-state index in [0.29, 0.717) is 29.5 Å². The minimum Gasteiger partial charge on any atom is -0.377 e. The van der Waals surface area contributed by atoms with E-state index in [1.54, 1.807) is 0 Å². The van der Waals surface area contributed by atoms with Crippen molar-refractivity contribution in [2.75, 3.05) is 33.3 Å². The summed E-state index contributed by atoms with van der Waals surface area (Å²) < 4.78 is 6.03. The van der Waals surface area contributed by atoms with Crippen molar-refractivity contribution in [3.8, 4) is 0 Å². The van der Waals surface area contributed by atoms with Crippen molar-refractivity contribution in [3.05, 3.63) is 0 Å². The van der Waals surface area contributed by atoms with Crippen LogP contribution in [-0.4, -0.2) is 62.3 Å². The molecule has 1 heterocycles. The fourth-order valence-corrected chi connectivity index (χ4v) is 5.24. The number of fused-ring (bicyclic) bond motifs is 2. The zero-order chi connectivity index (χ0) is 17.9. The fraction of sp³-hybridized carbons (Fsp3) is 0.950.